The van der Waals surface area contributed by atoms with Crippen molar-refractivity contribution in [3.63, 3.8) is 0 Å². The fourth-order valence-corrected chi connectivity index (χ4v) is 4.27. The molecule has 0 bridgehead atoms. The zero-order chi connectivity index (χ0) is 22.1. The molecule has 2 aromatic carbocycles. The van der Waals surface area contributed by atoms with Gasteiger partial charge in [-0.1, -0.05) is 19.1 Å². The maximum atomic E-state index is 13.1. The molecular weight excluding hydrogens is 402 g/mol. The summed E-state index contributed by atoms with van der Waals surface area (Å²) in [5.74, 6) is -0.488. The number of amides is 1. The second kappa shape index (κ2) is 8.31. The van der Waals surface area contributed by atoms with Crippen molar-refractivity contribution in [3.05, 3.63) is 70.0 Å². The second-order valence-electron chi connectivity index (χ2n) is 7.33. The van der Waals surface area contributed by atoms with E-state index in [0.717, 1.165) is 12.0 Å². The van der Waals surface area contributed by atoms with Crippen molar-refractivity contribution in [2.75, 3.05) is 11.4 Å². The van der Waals surface area contributed by atoms with Crippen LogP contribution in [0.3, 0.4) is 0 Å². The van der Waals surface area contributed by atoms with E-state index in [1.165, 1.54) is 35.7 Å². The van der Waals surface area contributed by atoms with E-state index in [9.17, 15) is 18.0 Å². The van der Waals surface area contributed by atoms with Crippen molar-refractivity contribution >= 4 is 32.5 Å². The predicted octanol–water partition coefficient (Wildman–Crippen LogP) is 3.19. The zero-order valence-electron chi connectivity index (χ0n) is 17.4. The van der Waals surface area contributed by atoms with Crippen molar-refractivity contribution in [2.45, 2.75) is 38.1 Å². The first-order valence-electron chi connectivity index (χ1n) is 9.67. The summed E-state index contributed by atoms with van der Waals surface area (Å²) in [5.41, 5.74) is 1.34. The van der Waals surface area contributed by atoms with Gasteiger partial charge in [0.25, 0.3) is 15.9 Å². The predicted molar refractivity (Wildman–Crippen MR) is 119 cm³/mol. The first kappa shape index (κ1) is 21.6. The average molecular weight is 428 g/mol. The molecule has 1 heterocycles. The molecule has 0 radical (unpaired) electrons. The van der Waals surface area contributed by atoms with Gasteiger partial charge in [-0.15, -0.1) is 0 Å². The van der Waals surface area contributed by atoms with Crippen molar-refractivity contribution in [1.29, 1.82) is 0 Å². The van der Waals surface area contributed by atoms with E-state index in [2.05, 4.69) is 10.3 Å². The number of aromatic nitrogens is 1. The van der Waals surface area contributed by atoms with Gasteiger partial charge in [-0.2, -0.15) is 0 Å². The van der Waals surface area contributed by atoms with Gasteiger partial charge in [0.05, 0.1) is 10.6 Å². The van der Waals surface area contributed by atoms with Crippen LogP contribution in [-0.4, -0.2) is 32.4 Å². The standard InChI is InChI=1S/C22H25N3O4S/c1-5-15(3)24-22(27)19-13-23-20-10-9-17(12-18(20)21(19)26)30(28,29)25(4)16-8-6-7-14(2)11-16/h6-13,15H,5H2,1-4H3,(H,23,26)(H,24,27)/t15-/m1/s1. The maximum Gasteiger partial charge on any atom is 0.264 e. The van der Waals surface area contributed by atoms with Crippen molar-refractivity contribution < 1.29 is 13.2 Å². The van der Waals surface area contributed by atoms with Crippen LogP contribution in [-0.2, 0) is 10.0 Å². The van der Waals surface area contributed by atoms with Gasteiger partial charge < -0.3 is 10.3 Å². The van der Waals surface area contributed by atoms with Crippen LogP contribution >= 0.6 is 0 Å². The molecule has 3 rings (SSSR count). The van der Waals surface area contributed by atoms with Gasteiger partial charge in [0.2, 0.25) is 5.43 Å². The molecule has 2 N–H and O–H groups in total. The van der Waals surface area contributed by atoms with Gasteiger partial charge in [-0.3, -0.25) is 13.9 Å². The number of nitrogens with one attached hydrogen (secondary N) is 2. The lowest BCUT2D eigenvalue weighted by Gasteiger charge is -2.20. The Kier molecular flexibility index (Phi) is 5.98. The number of benzene rings is 2. The Hall–Kier alpha value is -3.13. The lowest BCUT2D eigenvalue weighted by atomic mass is 10.1. The van der Waals surface area contributed by atoms with Crippen LogP contribution in [0.4, 0.5) is 5.69 Å². The first-order chi connectivity index (χ1) is 14.1. The summed E-state index contributed by atoms with van der Waals surface area (Å²) in [7, 11) is -2.43. The highest BCUT2D eigenvalue weighted by atomic mass is 32.2. The number of aromatic amines is 1. The van der Waals surface area contributed by atoms with Gasteiger partial charge in [-0.05, 0) is 56.2 Å². The van der Waals surface area contributed by atoms with Crippen LogP contribution in [0.2, 0.25) is 0 Å². The Morgan fingerprint density at radius 1 is 1.20 bits per heavy atom. The molecule has 0 saturated heterocycles. The summed E-state index contributed by atoms with van der Waals surface area (Å²) in [6, 6.07) is 11.3. The van der Waals surface area contributed by atoms with Crippen LogP contribution in [0.15, 0.2) is 58.4 Å². The minimum absolute atomic E-state index is 0.0241. The monoisotopic (exact) mass is 427 g/mol. The number of carbonyl (C=O) groups excluding carboxylic acids is 1. The smallest absolute Gasteiger partial charge is 0.264 e. The topological polar surface area (TPSA) is 99.3 Å². The zero-order valence-corrected chi connectivity index (χ0v) is 18.2. The SMILES string of the molecule is CC[C@@H](C)NC(=O)c1c[nH]c2ccc(S(=O)(=O)N(C)c3cccc(C)c3)cc2c1=O. The molecule has 1 aromatic heterocycles. The Morgan fingerprint density at radius 2 is 1.93 bits per heavy atom. The maximum absolute atomic E-state index is 13.1. The molecule has 0 aliphatic heterocycles. The van der Waals surface area contributed by atoms with Gasteiger partial charge in [0, 0.05) is 30.2 Å². The molecular formula is C22H25N3O4S. The molecule has 8 heteroatoms. The first-order valence-corrected chi connectivity index (χ1v) is 11.1. The van der Waals surface area contributed by atoms with Crippen LogP contribution in [0, 0.1) is 6.92 Å². The number of pyridine rings is 1. The van der Waals surface area contributed by atoms with E-state index in [0.29, 0.717) is 11.2 Å². The fourth-order valence-electron chi connectivity index (χ4n) is 3.05. The molecule has 1 amide bonds. The fraction of sp³-hybridized carbons (Fsp3) is 0.273. The number of hydrogen-bond donors (Lipinski definition) is 2. The molecule has 3 aromatic rings. The van der Waals surface area contributed by atoms with E-state index in [1.54, 1.807) is 18.2 Å². The average Bonchev–Trinajstić information content (AvgIpc) is 2.73. The Morgan fingerprint density at radius 3 is 2.60 bits per heavy atom. The van der Waals surface area contributed by atoms with E-state index in [1.807, 2.05) is 26.8 Å². The summed E-state index contributed by atoms with van der Waals surface area (Å²) in [6.45, 7) is 5.65. The number of nitrogens with zero attached hydrogens (tertiary/aromatic N) is 1. The Labute approximate surface area is 175 Å². The molecule has 1 atom stereocenters. The van der Waals surface area contributed by atoms with Crippen molar-refractivity contribution in [2.24, 2.45) is 0 Å². The lowest BCUT2D eigenvalue weighted by Crippen LogP contribution is -2.35. The molecule has 30 heavy (non-hydrogen) atoms. The van der Waals surface area contributed by atoms with E-state index in [-0.39, 0.29) is 21.9 Å². The summed E-state index contributed by atoms with van der Waals surface area (Å²) >= 11 is 0. The highest BCUT2D eigenvalue weighted by Gasteiger charge is 2.23. The number of rotatable bonds is 6. The molecule has 7 nitrogen and oxygen atoms in total. The number of sulfonamides is 1. The van der Waals surface area contributed by atoms with Gasteiger partial charge in [0.1, 0.15) is 5.56 Å². The number of H-pyrrole nitrogens is 1. The summed E-state index contributed by atoms with van der Waals surface area (Å²) < 4.78 is 27.4. The summed E-state index contributed by atoms with van der Waals surface area (Å²) in [5, 5.41) is 2.90. The molecule has 0 aliphatic carbocycles. The Bertz CT molecular complexity index is 1260. The van der Waals surface area contributed by atoms with E-state index < -0.39 is 21.4 Å². The summed E-state index contributed by atoms with van der Waals surface area (Å²) in [6.07, 6.45) is 2.08. The van der Waals surface area contributed by atoms with Crippen molar-refractivity contribution in [1.82, 2.24) is 10.3 Å². The highest BCUT2D eigenvalue weighted by molar-refractivity contribution is 7.92. The molecule has 0 spiro atoms. The number of fused-ring (bicyclic) bond motifs is 1. The number of anilines is 1. The molecule has 0 saturated carbocycles. The lowest BCUT2D eigenvalue weighted by molar-refractivity contribution is 0.0938. The number of hydrogen-bond acceptors (Lipinski definition) is 4. The third-order valence-electron chi connectivity index (χ3n) is 5.11. The molecule has 0 aliphatic rings. The number of aryl methyl sites for hydroxylation is 1. The molecule has 0 fully saturated rings. The minimum Gasteiger partial charge on any atom is -0.360 e. The number of carbonyl (C=O) groups is 1. The van der Waals surface area contributed by atoms with Gasteiger partial charge in [-0.25, -0.2) is 8.42 Å². The third-order valence-corrected chi connectivity index (χ3v) is 6.89. The normalized spacial score (nSPS) is 12.5. The quantitative estimate of drug-likeness (QED) is 0.631. The largest absolute Gasteiger partial charge is 0.360 e. The Balaban J connectivity index is 2.06. The van der Waals surface area contributed by atoms with E-state index in [4.69, 9.17) is 0 Å². The molecule has 0 unspecified atom stereocenters. The minimum atomic E-state index is -3.89. The second-order valence-corrected chi connectivity index (χ2v) is 9.30. The van der Waals surface area contributed by atoms with Crippen LogP contribution in [0.5, 0.6) is 0 Å². The molecule has 158 valence electrons. The van der Waals surface area contributed by atoms with Crippen LogP contribution < -0.4 is 15.1 Å². The van der Waals surface area contributed by atoms with Crippen LogP contribution in [0.25, 0.3) is 10.9 Å². The van der Waals surface area contributed by atoms with Gasteiger partial charge >= 0.3 is 0 Å². The van der Waals surface area contributed by atoms with Crippen molar-refractivity contribution in [3.8, 4) is 0 Å². The highest BCUT2D eigenvalue weighted by Crippen LogP contribution is 2.24. The third kappa shape index (κ3) is 4.09. The van der Waals surface area contributed by atoms with Gasteiger partial charge in [0.15, 0.2) is 0 Å². The van der Waals surface area contributed by atoms with E-state index >= 15 is 0 Å². The summed E-state index contributed by atoms with van der Waals surface area (Å²) in [4.78, 5) is 28.2. The van der Waals surface area contributed by atoms with Crippen LogP contribution in [0.1, 0.15) is 36.2 Å².